The highest BCUT2D eigenvalue weighted by molar-refractivity contribution is 5.89. The molecular formula is C30H36F2N6O8. The van der Waals surface area contributed by atoms with Crippen molar-refractivity contribution in [2.24, 2.45) is 0 Å². The maximum Gasteiger partial charge on any atom is 0.513 e. The number of nitro groups is 1. The quantitative estimate of drug-likeness (QED) is 0.105. The molecule has 0 radical (unpaired) electrons. The molecule has 0 bridgehead atoms. The molecular weight excluding hydrogens is 610 g/mol. The minimum atomic E-state index is -3.25. The predicted molar refractivity (Wildman–Crippen MR) is 159 cm³/mol. The summed E-state index contributed by atoms with van der Waals surface area (Å²) in [6.07, 6.45) is -1.74. The van der Waals surface area contributed by atoms with Crippen LogP contribution in [0, 0.1) is 10.1 Å². The molecule has 3 aromatic rings. The summed E-state index contributed by atoms with van der Waals surface area (Å²) in [6.45, 7) is 7.46. The molecule has 14 nitrogen and oxygen atoms in total. The Balaban J connectivity index is 1.73. The molecule has 0 fully saturated rings. The smallest absolute Gasteiger partial charge is 0.444 e. The van der Waals surface area contributed by atoms with Gasteiger partial charge in [0.1, 0.15) is 35.6 Å². The number of rotatable bonds is 13. The highest BCUT2D eigenvalue weighted by Gasteiger charge is 2.37. The van der Waals surface area contributed by atoms with Crippen LogP contribution in [0.15, 0.2) is 60.9 Å². The Hall–Kier alpha value is -5.15. The summed E-state index contributed by atoms with van der Waals surface area (Å²) in [7, 11) is 0. The highest BCUT2D eigenvalue weighted by Crippen LogP contribution is 2.35. The van der Waals surface area contributed by atoms with Crippen molar-refractivity contribution in [2.45, 2.75) is 77.1 Å². The van der Waals surface area contributed by atoms with Gasteiger partial charge in [0.05, 0.1) is 17.5 Å². The second kappa shape index (κ2) is 14.8. The van der Waals surface area contributed by atoms with E-state index in [1.807, 2.05) is 0 Å². The number of nitro benzene ring substituents is 1. The zero-order chi connectivity index (χ0) is 34.1. The van der Waals surface area contributed by atoms with Crippen molar-refractivity contribution < 1.29 is 42.3 Å². The van der Waals surface area contributed by atoms with Crippen molar-refractivity contribution >= 4 is 23.8 Å². The summed E-state index contributed by atoms with van der Waals surface area (Å²) in [6, 6.07) is 10.9. The van der Waals surface area contributed by atoms with Crippen LogP contribution in [-0.4, -0.2) is 55.6 Å². The van der Waals surface area contributed by atoms with E-state index in [-0.39, 0.29) is 42.4 Å². The second-order valence-electron chi connectivity index (χ2n) is 11.7. The van der Waals surface area contributed by atoms with Crippen LogP contribution in [0.3, 0.4) is 0 Å². The summed E-state index contributed by atoms with van der Waals surface area (Å²) < 4.78 is 46.9. The molecule has 1 unspecified atom stereocenters. The normalized spacial score (nSPS) is 12.5. The van der Waals surface area contributed by atoms with Crippen LogP contribution < -0.4 is 15.4 Å². The van der Waals surface area contributed by atoms with E-state index in [0.717, 1.165) is 18.5 Å². The number of non-ortho nitro benzene ring substituents is 1. The number of alkyl halides is 2. The molecule has 2 aromatic carbocycles. The first-order valence-electron chi connectivity index (χ1n) is 14.2. The summed E-state index contributed by atoms with van der Waals surface area (Å²) in [5, 5.41) is 20.1. The molecule has 1 atom stereocenters. The minimum Gasteiger partial charge on any atom is -0.444 e. The number of hydrogen-bond donors (Lipinski definition) is 2. The number of hydrogen-bond acceptors (Lipinski definition) is 10. The van der Waals surface area contributed by atoms with E-state index in [0.29, 0.717) is 0 Å². The molecule has 3 rings (SSSR count). The van der Waals surface area contributed by atoms with Gasteiger partial charge in [-0.1, -0.05) is 30.3 Å². The lowest BCUT2D eigenvalue weighted by Gasteiger charge is -2.30. The highest BCUT2D eigenvalue weighted by atomic mass is 19.3. The zero-order valence-corrected chi connectivity index (χ0v) is 26.0. The Morgan fingerprint density at radius 3 is 2.28 bits per heavy atom. The third-order valence-electron chi connectivity index (χ3n) is 6.36. The van der Waals surface area contributed by atoms with Crippen molar-refractivity contribution in [2.75, 3.05) is 6.61 Å². The Labute approximate surface area is 263 Å². The topological polar surface area (TPSA) is 177 Å². The van der Waals surface area contributed by atoms with Crippen LogP contribution in [0.1, 0.15) is 64.9 Å². The van der Waals surface area contributed by atoms with E-state index in [1.165, 1.54) is 54.9 Å². The van der Waals surface area contributed by atoms with Gasteiger partial charge >= 0.3 is 12.2 Å². The number of amides is 2. The monoisotopic (exact) mass is 646 g/mol. The van der Waals surface area contributed by atoms with E-state index in [9.17, 15) is 24.5 Å². The SMILES string of the molecule is CC(C)(C)OC(=O)NC(C)(C)C(=O)NC(CCC(F)(F)c1ccccc1)c1ncnn1CCOC(=O)Oc1ccc([N+](=O)[O-])cc1. The average Bonchev–Trinajstić information content (AvgIpc) is 3.43. The molecule has 0 spiro atoms. The van der Waals surface area contributed by atoms with Gasteiger partial charge < -0.3 is 24.8 Å². The lowest BCUT2D eigenvalue weighted by molar-refractivity contribution is -0.384. The number of nitrogens with zero attached hydrogens (tertiary/aromatic N) is 4. The minimum absolute atomic E-state index is 0.0155. The molecule has 0 aliphatic carbocycles. The fourth-order valence-electron chi connectivity index (χ4n) is 4.06. The molecule has 1 heterocycles. The Morgan fingerprint density at radius 1 is 1.02 bits per heavy atom. The van der Waals surface area contributed by atoms with Crippen LogP contribution >= 0.6 is 0 Å². The molecule has 0 aliphatic heterocycles. The second-order valence-corrected chi connectivity index (χ2v) is 11.7. The number of benzene rings is 2. The summed E-state index contributed by atoms with van der Waals surface area (Å²) >= 11 is 0. The third kappa shape index (κ3) is 10.5. The Kier molecular flexibility index (Phi) is 11.3. The van der Waals surface area contributed by atoms with Crippen molar-refractivity contribution in [3.05, 3.63) is 82.4 Å². The van der Waals surface area contributed by atoms with Crippen molar-refractivity contribution in [1.82, 2.24) is 25.4 Å². The Morgan fingerprint density at radius 2 is 1.67 bits per heavy atom. The van der Waals surface area contributed by atoms with Gasteiger partial charge in [-0.25, -0.2) is 28.0 Å². The maximum atomic E-state index is 15.2. The first kappa shape index (κ1) is 35.3. The zero-order valence-electron chi connectivity index (χ0n) is 26.0. The molecule has 2 amide bonds. The lowest BCUT2D eigenvalue weighted by Crippen LogP contribution is -2.56. The van der Waals surface area contributed by atoms with E-state index in [1.54, 1.807) is 26.8 Å². The van der Waals surface area contributed by atoms with Gasteiger partial charge in [-0.3, -0.25) is 14.9 Å². The number of alkyl carbamates (subject to hydrolysis) is 1. The number of halogens is 2. The van der Waals surface area contributed by atoms with Crippen LogP contribution in [0.2, 0.25) is 0 Å². The first-order chi connectivity index (χ1) is 21.5. The molecule has 46 heavy (non-hydrogen) atoms. The Bertz CT molecular complexity index is 1510. The number of carbonyl (C=O) groups excluding carboxylic acids is 3. The molecule has 0 saturated carbocycles. The van der Waals surface area contributed by atoms with Crippen LogP contribution in [0.4, 0.5) is 24.1 Å². The van der Waals surface area contributed by atoms with E-state index in [4.69, 9.17) is 14.2 Å². The van der Waals surface area contributed by atoms with Crippen LogP contribution in [-0.2, 0) is 26.7 Å². The average molecular weight is 647 g/mol. The largest absolute Gasteiger partial charge is 0.513 e. The lowest BCUT2D eigenvalue weighted by atomic mass is 9.98. The molecule has 0 aliphatic rings. The fraction of sp³-hybridized carbons (Fsp3) is 0.433. The van der Waals surface area contributed by atoms with E-state index in [2.05, 4.69) is 20.7 Å². The number of ether oxygens (including phenoxy) is 3. The molecule has 1 aromatic heterocycles. The van der Waals surface area contributed by atoms with Gasteiger partial charge in [-0.2, -0.15) is 5.10 Å². The first-order valence-corrected chi connectivity index (χ1v) is 14.2. The molecule has 0 saturated heterocycles. The van der Waals surface area contributed by atoms with Gasteiger partial charge in [-0.15, -0.1) is 0 Å². The van der Waals surface area contributed by atoms with Gasteiger partial charge in [0.25, 0.3) is 11.6 Å². The summed E-state index contributed by atoms with van der Waals surface area (Å²) in [5.41, 5.74) is -2.73. The molecule has 16 heteroatoms. The van der Waals surface area contributed by atoms with E-state index < -0.39 is 52.6 Å². The maximum absolute atomic E-state index is 15.2. The number of aromatic nitrogens is 3. The summed E-state index contributed by atoms with van der Waals surface area (Å²) in [4.78, 5) is 52.3. The molecule has 248 valence electrons. The fourth-order valence-corrected chi connectivity index (χ4v) is 4.06. The van der Waals surface area contributed by atoms with Gasteiger partial charge in [0.2, 0.25) is 5.91 Å². The van der Waals surface area contributed by atoms with Crippen LogP contribution in [0.5, 0.6) is 5.75 Å². The van der Waals surface area contributed by atoms with Crippen molar-refractivity contribution in [3.8, 4) is 5.75 Å². The van der Waals surface area contributed by atoms with Gasteiger partial charge in [0, 0.05) is 24.1 Å². The van der Waals surface area contributed by atoms with E-state index >= 15 is 8.78 Å². The number of carbonyl (C=O) groups is 3. The summed E-state index contributed by atoms with van der Waals surface area (Å²) in [5.74, 6) is -3.84. The van der Waals surface area contributed by atoms with Crippen molar-refractivity contribution in [3.63, 3.8) is 0 Å². The van der Waals surface area contributed by atoms with Gasteiger partial charge in [0.15, 0.2) is 0 Å². The third-order valence-corrected chi connectivity index (χ3v) is 6.36. The predicted octanol–water partition coefficient (Wildman–Crippen LogP) is 5.43. The van der Waals surface area contributed by atoms with Crippen LogP contribution in [0.25, 0.3) is 0 Å². The number of nitrogens with one attached hydrogen (secondary N) is 2. The van der Waals surface area contributed by atoms with Gasteiger partial charge in [-0.05, 0) is 53.2 Å². The van der Waals surface area contributed by atoms with Crippen molar-refractivity contribution in [1.29, 1.82) is 0 Å². The standard InChI is InChI=1S/C30H36F2N6O8/c1-28(2,3)46-26(40)36-29(4,5)25(39)35-23(15-16-30(31,32)20-9-7-6-8-10-20)24-33-19-34-37(24)17-18-44-27(41)45-22-13-11-21(12-14-22)38(42)43/h6-14,19,23H,15-18H2,1-5H3,(H,35,39)(H,36,40). The molecule has 2 N–H and O–H groups in total.